The topological polar surface area (TPSA) is 50.2 Å². The van der Waals surface area contributed by atoms with Crippen LogP contribution in [0.3, 0.4) is 0 Å². The fraction of sp³-hybridized carbons (Fsp3) is 0.750. The van der Waals surface area contributed by atoms with E-state index in [0.717, 1.165) is 56.6 Å². The van der Waals surface area contributed by atoms with Gasteiger partial charge in [-0.05, 0) is 63.6 Å². The van der Waals surface area contributed by atoms with Crippen molar-refractivity contribution in [2.24, 2.45) is 18.9 Å². The summed E-state index contributed by atoms with van der Waals surface area (Å²) >= 11 is 0. The van der Waals surface area contributed by atoms with Crippen molar-refractivity contribution in [2.75, 3.05) is 26.2 Å². The maximum atomic E-state index is 12.5. The van der Waals surface area contributed by atoms with Crippen LogP contribution in [0.4, 0.5) is 0 Å². The molecule has 1 aromatic heterocycles. The van der Waals surface area contributed by atoms with E-state index in [0.29, 0.717) is 5.69 Å². The fourth-order valence-corrected chi connectivity index (χ4v) is 3.72. The first-order valence-corrected chi connectivity index (χ1v) is 8.16. The van der Waals surface area contributed by atoms with E-state index < -0.39 is 0 Å². The second-order valence-electron chi connectivity index (χ2n) is 6.51. The fourth-order valence-electron chi connectivity index (χ4n) is 3.72. The number of likely N-dealkylation sites (tertiary alicyclic amines) is 1. The van der Waals surface area contributed by atoms with Crippen molar-refractivity contribution in [1.29, 1.82) is 0 Å². The molecule has 1 N–H and O–H groups in total. The van der Waals surface area contributed by atoms with Crippen LogP contribution in [0.5, 0.6) is 0 Å². The van der Waals surface area contributed by atoms with Crippen molar-refractivity contribution < 1.29 is 4.79 Å². The minimum Gasteiger partial charge on any atom is -0.337 e. The van der Waals surface area contributed by atoms with E-state index in [1.165, 1.54) is 12.8 Å². The van der Waals surface area contributed by atoms with Crippen LogP contribution in [0.25, 0.3) is 0 Å². The van der Waals surface area contributed by atoms with Gasteiger partial charge in [-0.25, -0.2) is 0 Å². The van der Waals surface area contributed by atoms with Gasteiger partial charge in [0.25, 0.3) is 5.91 Å². The summed E-state index contributed by atoms with van der Waals surface area (Å²) in [6.07, 6.45) is 4.92. The molecular weight excluding hydrogens is 300 g/mol. The van der Waals surface area contributed by atoms with Crippen LogP contribution in [-0.4, -0.2) is 46.8 Å². The maximum absolute atomic E-state index is 12.5. The van der Waals surface area contributed by atoms with Gasteiger partial charge in [-0.1, -0.05) is 0 Å². The second kappa shape index (κ2) is 7.47. The summed E-state index contributed by atoms with van der Waals surface area (Å²) in [5.74, 6) is 1.77. The lowest BCUT2D eigenvalue weighted by atomic mass is 9.79. The predicted molar refractivity (Wildman–Crippen MR) is 89.4 cm³/mol. The third-order valence-corrected chi connectivity index (χ3v) is 5.21. The lowest BCUT2D eigenvalue weighted by Crippen LogP contribution is -2.42. The van der Waals surface area contributed by atoms with Gasteiger partial charge in [-0.3, -0.25) is 9.48 Å². The molecule has 2 aliphatic heterocycles. The highest BCUT2D eigenvalue weighted by molar-refractivity contribution is 5.92. The van der Waals surface area contributed by atoms with Crippen molar-refractivity contribution in [1.82, 2.24) is 20.0 Å². The van der Waals surface area contributed by atoms with E-state index in [9.17, 15) is 4.79 Å². The smallest absolute Gasteiger partial charge is 0.274 e. The number of hydrogen-bond acceptors (Lipinski definition) is 3. The summed E-state index contributed by atoms with van der Waals surface area (Å²) in [5, 5.41) is 7.75. The highest BCUT2D eigenvalue weighted by Crippen LogP contribution is 2.31. The Bertz CT molecular complexity index is 483. The van der Waals surface area contributed by atoms with E-state index >= 15 is 0 Å². The van der Waals surface area contributed by atoms with Crippen LogP contribution < -0.4 is 5.32 Å². The molecule has 3 rings (SSSR count). The third-order valence-electron chi connectivity index (χ3n) is 5.21. The van der Waals surface area contributed by atoms with Crippen molar-refractivity contribution in [3.8, 4) is 0 Å². The molecule has 0 unspecified atom stereocenters. The first kappa shape index (κ1) is 17.3. The van der Waals surface area contributed by atoms with Gasteiger partial charge >= 0.3 is 0 Å². The summed E-state index contributed by atoms with van der Waals surface area (Å²) in [6.45, 7) is 6.09. The molecule has 5 nitrogen and oxygen atoms in total. The lowest BCUT2D eigenvalue weighted by molar-refractivity contribution is 0.0635. The highest BCUT2D eigenvalue weighted by atomic mass is 35.5. The Balaban J connectivity index is 0.00000176. The number of carbonyl (C=O) groups excluding carboxylic acids is 1. The minimum absolute atomic E-state index is 0. The molecule has 124 valence electrons. The molecule has 2 aliphatic rings. The molecule has 22 heavy (non-hydrogen) atoms. The van der Waals surface area contributed by atoms with Crippen molar-refractivity contribution in [3.63, 3.8) is 0 Å². The molecule has 0 radical (unpaired) electrons. The summed E-state index contributed by atoms with van der Waals surface area (Å²) in [5.41, 5.74) is 1.62. The molecule has 1 amide bonds. The van der Waals surface area contributed by atoms with E-state index in [-0.39, 0.29) is 18.3 Å². The molecule has 1 aromatic rings. The molecule has 3 heterocycles. The number of hydrogen-bond donors (Lipinski definition) is 1. The summed E-state index contributed by atoms with van der Waals surface area (Å²) in [7, 11) is 1.88. The average Bonchev–Trinajstić information content (AvgIpc) is 2.87. The van der Waals surface area contributed by atoms with Gasteiger partial charge in [0.05, 0.1) is 0 Å². The third kappa shape index (κ3) is 3.63. The van der Waals surface area contributed by atoms with Crippen LogP contribution >= 0.6 is 12.4 Å². The molecule has 2 saturated heterocycles. The molecule has 6 heteroatoms. The Morgan fingerprint density at radius 3 is 2.32 bits per heavy atom. The monoisotopic (exact) mass is 326 g/mol. The van der Waals surface area contributed by atoms with Crippen molar-refractivity contribution in [3.05, 3.63) is 17.5 Å². The van der Waals surface area contributed by atoms with E-state index in [1.807, 2.05) is 24.9 Å². The number of nitrogens with zero attached hydrogens (tertiary/aromatic N) is 3. The summed E-state index contributed by atoms with van der Waals surface area (Å²) in [6, 6.07) is 1.89. The van der Waals surface area contributed by atoms with Crippen LogP contribution in [0, 0.1) is 18.8 Å². The van der Waals surface area contributed by atoms with Gasteiger partial charge in [-0.15, -0.1) is 12.4 Å². The Labute approximate surface area is 138 Å². The summed E-state index contributed by atoms with van der Waals surface area (Å²) < 4.78 is 1.77. The van der Waals surface area contributed by atoms with Gasteiger partial charge in [0.15, 0.2) is 5.69 Å². The zero-order valence-corrected chi connectivity index (χ0v) is 14.4. The Kier molecular flexibility index (Phi) is 5.87. The van der Waals surface area contributed by atoms with Gasteiger partial charge in [0.1, 0.15) is 0 Å². The van der Waals surface area contributed by atoms with Gasteiger partial charge < -0.3 is 10.2 Å². The largest absolute Gasteiger partial charge is 0.337 e. The normalized spacial score (nSPS) is 20.7. The second-order valence-corrected chi connectivity index (χ2v) is 6.51. The predicted octanol–water partition coefficient (Wildman–Crippen LogP) is 2.00. The van der Waals surface area contributed by atoms with E-state index in [4.69, 9.17) is 0 Å². The first-order valence-electron chi connectivity index (χ1n) is 8.16. The van der Waals surface area contributed by atoms with Crippen LogP contribution in [0.2, 0.25) is 0 Å². The number of carbonyl (C=O) groups is 1. The van der Waals surface area contributed by atoms with E-state index in [1.54, 1.807) is 4.68 Å². The SMILES string of the molecule is Cc1cc(C(=O)N2CCC(C3CCNCC3)CC2)nn1C.Cl. The molecule has 0 aromatic carbocycles. The molecule has 0 aliphatic carbocycles. The number of aryl methyl sites for hydroxylation is 2. The molecule has 0 atom stereocenters. The zero-order chi connectivity index (χ0) is 14.8. The Hall–Kier alpha value is -1.07. The summed E-state index contributed by atoms with van der Waals surface area (Å²) in [4.78, 5) is 14.5. The molecule has 0 spiro atoms. The van der Waals surface area contributed by atoms with Crippen LogP contribution in [-0.2, 0) is 7.05 Å². The average molecular weight is 327 g/mol. The maximum Gasteiger partial charge on any atom is 0.274 e. The first-order chi connectivity index (χ1) is 10.1. The Morgan fingerprint density at radius 2 is 1.77 bits per heavy atom. The highest BCUT2D eigenvalue weighted by Gasteiger charge is 2.30. The van der Waals surface area contributed by atoms with Gasteiger partial charge in [0.2, 0.25) is 0 Å². The molecule has 0 saturated carbocycles. The molecule has 0 bridgehead atoms. The van der Waals surface area contributed by atoms with Crippen LogP contribution in [0.1, 0.15) is 41.9 Å². The minimum atomic E-state index is 0. The van der Waals surface area contributed by atoms with E-state index in [2.05, 4.69) is 10.4 Å². The molecule has 2 fully saturated rings. The Morgan fingerprint density at radius 1 is 1.18 bits per heavy atom. The van der Waals surface area contributed by atoms with Gasteiger partial charge in [-0.2, -0.15) is 5.10 Å². The number of nitrogens with one attached hydrogen (secondary N) is 1. The number of rotatable bonds is 2. The standard InChI is InChI=1S/C16H26N4O.ClH/c1-12-11-15(18-19(12)2)16(21)20-9-5-14(6-10-20)13-3-7-17-8-4-13;/h11,13-14,17H,3-10H2,1-2H3;1H. The molecular formula is C16H27ClN4O. The van der Waals surface area contributed by atoms with Gasteiger partial charge in [0, 0.05) is 25.8 Å². The lowest BCUT2D eigenvalue weighted by Gasteiger charge is -2.37. The quantitative estimate of drug-likeness (QED) is 0.904. The van der Waals surface area contributed by atoms with Crippen molar-refractivity contribution in [2.45, 2.75) is 32.6 Å². The van der Waals surface area contributed by atoms with Crippen molar-refractivity contribution >= 4 is 18.3 Å². The number of amides is 1. The zero-order valence-electron chi connectivity index (χ0n) is 13.5. The number of halogens is 1. The van der Waals surface area contributed by atoms with Crippen LogP contribution in [0.15, 0.2) is 6.07 Å². The number of piperidine rings is 2. The number of aromatic nitrogens is 2.